The number of ether oxygens (including phenoxy) is 5. The summed E-state index contributed by atoms with van der Waals surface area (Å²) in [6, 6.07) is 8.44. The summed E-state index contributed by atoms with van der Waals surface area (Å²) in [5.74, 6) is 0.140. The molecule has 0 unspecified atom stereocenters. The number of fused-ring (bicyclic) bond motifs is 2. The predicted octanol–water partition coefficient (Wildman–Crippen LogP) is 3.75. The molecule has 0 radical (unpaired) electrons. The van der Waals surface area contributed by atoms with Crippen molar-refractivity contribution < 1.29 is 42.1 Å². The third-order valence-corrected chi connectivity index (χ3v) is 7.56. The van der Waals surface area contributed by atoms with Gasteiger partial charge in [0.05, 0.1) is 35.5 Å². The standard InChI is InChI=1S/C28H34F2N2O7/c1-35-20-9-8-17(13-21(20)36-2)7-6-12-31-16-18-10-11-28(27(31)34,25(33)26(29)30)32(18)19-14-22(37-3)24(39-5)23(15-19)38-4/h8-9,13-15,18,26H,6-7,10-12,16H2,1-5H3/t18-,28+/m1/s1. The lowest BCUT2D eigenvalue weighted by Crippen LogP contribution is -2.70. The van der Waals surface area contributed by atoms with Crippen LogP contribution >= 0.6 is 0 Å². The second kappa shape index (κ2) is 11.5. The van der Waals surface area contributed by atoms with E-state index in [-0.39, 0.29) is 12.5 Å². The first-order chi connectivity index (χ1) is 18.7. The van der Waals surface area contributed by atoms with Crippen LogP contribution in [0.2, 0.25) is 0 Å². The van der Waals surface area contributed by atoms with Crippen molar-refractivity contribution in [3.8, 4) is 28.7 Å². The smallest absolute Gasteiger partial charge is 0.298 e. The number of methoxy groups -OCH3 is 5. The van der Waals surface area contributed by atoms with Crippen molar-refractivity contribution in [3.63, 3.8) is 0 Å². The summed E-state index contributed by atoms with van der Waals surface area (Å²) >= 11 is 0. The quantitative estimate of drug-likeness (QED) is 0.371. The number of rotatable bonds is 12. The zero-order valence-electron chi connectivity index (χ0n) is 22.8. The van der Waals surface area contributed by atoms with Crippen LogP contribution in [0.1, 0.15) is 24.8 Å². The first kappa shape index (κ1) is 28.3. The molecule has 2 aromatic carbocycles. The van der Waals surface area contributed by atoms with Crippen molar-refractivity contribution >= 4 is 17.4 Å². The number of ketones is 1. The zero-order chi connectivity index (χ0) is 28.3. The van der Waals surface area contributed by atoms with Gasteiger partial charge in [-0.15, -0.1) is 0 Å². The number of alkyl halides is 2. The first-order valence-electron chi connectivity index (χ1n) is 12.7. The third-order valence-electron chi connectivity index (χ3n) is 7.56. The van der Waals surface area contributed by atoms with Crippen LogP contribution in [0.3, 0.4) is 0 Å². The fourth-order valence-electron chi connectivity index (χ4n) is 5.79. The Kier molecular flexibility index (Phi) is 8.36. The normalized spacial score (nSPS) is 20.3. The van der Waals surface area contributed by atoms with Crippen LogP contribution < -0.4 is 28.6 Å². The number of carbonyl (C=O) groups excluding carboxylic acids is 2. The Morgan fingerprint density at radius 2 is 1.59 bits per heavy atom. The molecule has 0 spiro atoms. The Bertz CT molecular complexity index is 1200. The van der Waals surface area contributed by atoms with Crippen molar-refractivity contribution in [2.45, 2.75) is 43.7 Å². The average Bonchev–Trinajstić information content (AvgIpc) is 3.27. The Hall–Kier alpha value is -3.76. The summed E-state index contributed by atoms with van der Waals surface area (Å²) in [5.41, 5.74) is -0.637. The minimum absolute atomic E-state index is 0.00249. The maximum Gasteiger partial charge on any atom is 0.298 e. The van der Waals surface area contributed by atoms with Crippen LogP contribution in [0.5, 0.6) is 28.7 Å². The molecule has 2 bridgehead atoms. The van der Waals surface area contributed by atoms with Gasteiger partial charge in [-0.3, -0.25) is 9.59 Å². The number of piperazine rings is 1. The van der Waals surface area contributed by atoms with E-state index in [1.165, 1.54) is 21.3 Å². The van der Waals surface area contributed by atoms with E-state index in [9.17, 15) is 18.4 Å². The van der Waals surface area contributed by atoms with Gasteiger partial charge < -0.3 is 33.5 Å². The minimum Gasteiger partial charge on any atom is -0.493 e. The fraction of sp³-hybridized carbons (Fsp3) is 0.500. The maximum absolute atomic E-state index is 14.0. The van der Waals surface area contributed by atoms with Gasteiger partial charge in [0.1, 0.15) is 0 Å². The molecule has 2 saturated heterocycles. The van der Waals surface area contributed by atoms with Gasteiger partial charge in [-0.1, -0.05) is 6.07 Å². The van der Waals surface area contributed by atoms with Gasteiger partial charge in [-0.05, 0) is 43.4 Å². The number of Topliss-reactive ketones (excluding diaryl/α,β-unsaturated/α-hetero) is 1. The molecule has 2 aliphatic rings. The van der Waals surface area contributed by atoms with Crippen molar-refractivity contribution in [2.75, 3.05) is 53.5 Å². The molecule has 9 nitrogen and oxygen atoms in total. The molecule has 0 aliphatic carbocycles. The molecular weight excluding hydrogens is 514 g/mol. The van der Waals surface area contributed by atoms with E-state index in [4.69, 9.17) is 23.7 Å². The number of aryl methyl sites for hydroxylation is 1. The summed E-state index contributed by atoms with van der Waals surface area (Å²) in [6.07, 6.45) is -1.68. The zero-order valence-corrected chi connectivity index (χ0v) is 22.8. The Labute approximate surface area is 226 Å². The van der Waals surface area contributed by atoms with E-state index in [0.29, 0.717) is 66.8 Å². The molecule has 39 heavy (non-hydrogen) atoms. The van der Waals surface area contributed by atoms with E-state index in [1.807, 2.05) is 18.2 Å². The van der Waals surface area contributed by atoms with Gasteiger partial charge in [0.2, 0.25) is 11.5 Å². The molecule has 0 aromatic heterocycles. The molecule has 1 amide bonds. The lowest BCUT2D eigenvalue weighted by molar-refractivity contribution is -0.149. The molecule has 2 fully saturated rings. The van der Waals surface area contributed by atoms with Gasteiger partial charge in [0.15, 0.2) is 28.5 Å². The van der Waals surface area contributed by atoms with E-state index in [2.05, 4.69) is 0 Å². The van der Waals surface area contributed by atoms with Crippen LogP contribution in [-0.4, -0.2) is 83.2 Å². The largest absolute Gasteiger partial charge is 0.493 e. The van der Waals surface area contributed by atoms with Gasteiger partial charge in [0, 0.05) is 37.0 Å². The van der Waals surface area contributed by atoms with E-state index in [0.717, 1.165) is 5.56 Å². The van der Waals surface area contributed by atoms with Crippen LogP contribution in [-0.2, 0) is 16.0 Å². The van der Waals surface area contributed by atoms with Crippen LogP contribution in [0.4, 0.5) is 14.5 Å². The third kappa shape index (κ3) is 4.90. The molecule has 2 aromatic rings. The van der Waals surface area contributed by atoms with Crippen molar-refractivity contribution in [1.29, 1.82) is 0 Å². The Balaban J connectivity index is 1.62. The highest BCUT2D eigenvalue weighted by molar-refractivity contribution is 6.16. The topological polar surface area (TPSA) is 86.8 Å². The van der Waals surface area contributed by atoms with Gasteiger partial charge in [-0.2, -0.15) is 0 Å². The molecule has 4 rings (SSSR count). The number of likely N-dealkylation sites (tertiary alicyclic amines) is 1. The number of anilines is 1. The number of carbonyl (C=O) groups is 2. The fourth-order valence-corrected chi connectivity index (χ4v) is 5.79. The monoisotopic (exact) mass is 548 g/mol. The van der Waals surface area contributed by atoms with Crippen molar-refractivity contribution in [2.24, 2.45) is 0 Å². The summed E-state index contributed by atoms with van der Waals surface area (Å²) < 4.78 is 55.0. The number of hydrogen-bond donors (Lipinski definition) is 0. The van der Waals surface area contributed by atoms with Crippen molar-refractivity contribution in [1.82, 2.24) is 4.90 Å². The minimum atomic E-state index is -3.30. The van der Waals surface area contributed by atoms with E-state index >= 15 is 0 Å². The summed E-state index contributed by atoms with van der Waals surface area (Å²) in [7, 11) is 7.46. The van der Waals surface area contributed by atoms with Crippen molar-refractivity contribution in [3.05, 3.63) is 35.9 Å². The number of halogens is 2. The van der Waals surface area contributed by atoms with Crippen LogP contribution in [0.25, 0.3) is 0 Å². The molecule has 2 atom stereocenters. The average molecular weight is 549 g/mol. The second-order valence-corrected chi connectivity index (χ2v) is 9.52. The predicted molar refractivity (Wildman–Crippen MR) is 140 cm³/mol. The molecule has 2 heterocycles. The number of hydrogen-bond acceptors (Lipinski definition) is 8. The number of benzene rings is 2. The molecule has 0 N–H and O–H groups in total. The first-order valence-corrected chi connectivity index (χ1v) is 12.7. The van der Waals surface area contributed by atoms with E-state index in [1.54, 1.807) is 36.2 Å². The maximum atomic E-state index is 14.0. The lowest BCUT2D eigenvalue weighted by atomic mass is 9.87. The van der Waals surface area contributed by atoms with Gasteiger partial charge >= 0.3 is 0 Å². The van der Waals surface area contributed by atoms with E-state index < -0.39 is 23.7 Å². The molecule has 2 aliphatic heterocycles. The summed E-state index contributed by atoms with van der Waals surface area (Å²) in [5, 5.41) is 0. The molecule has 212 valence electrons. The number of amides is 1. The summed E-state index contributed by atoms with van der Waals surface area (Å²) in [6.45, 7) is 0.630. The SMILES string of the molecule is COc1ccc(CCCN2C[C@H]3CC[C@](C(=O)C(F)F)(C2=O)N3c2cc(OC)c(OC)c(OC)c2)cc1OC. The Morgan fingerprint density at radius 1 is 0.949 bits per heavy atom. The summed E-state index contributed by atoms with van der Waals surface area (Å²) in [4.78, 5) is 30.1. The van der Waals surface area contributed by atoms with Gasteiger partial charge in [-0.25, -0.2) is 8.78 Å². The molecule has 11 heteroatoms. The lowest BCUT2D eigenvalue weighted by Gasteiger charge is -2.48. The van der Waals surface area contributed by atoms with Crippen LogP contribution in [0, 0.1) is 0 Å². The molecule has 0 saturated carbocycles. The highest BCUT2D eigenvalue weighted by Gasteiger charge is 2.63. The Morgan fingerprint density at radius 3 is 2.15 bits per heavy atom. The molecular formula is C28H34F2N2O7. The highest BCUT2D eigenvalue weighted by Crippen LogP contribution is 2.49. The highest BCUT2D eigenvalue weighted by atomic mass is 19.3. The van der Waals surface area contributed by atoms with Gasteiger partial charge in [0.25, 0.3) is 12.3 Å². The number of nitrogens with zero attached hydrogens (tertiary/aromatic N) is 2. The second-order valence-electron chi connectivity index (χ2n) is 9.52. The van der Waals surface area contributed by atoms with Crippen LogP contribution in [0.15, 0.2) is 30.3 Å².